The van der Waals surface area contributed by atoms with Gasteiger partial charge in [-0.25, -0.2) is 13.2 Å². The largest absolute Gasteiger partial charge is 0.465 e. The molecule has 1 N–H and O–H groups in total. The third kappa shape index (κ3) is 4.77. The quantitative estimate of drug-likeness (QED) is 0.533. The van der Waals surface area contributed by atoms with Gasteiger partial charge < -0.3 is 14.4 Å². The molecule has 1 heterocycles. The minimum Gasteiger partial charge on any atom is -0.465 e. The molecule has 160 valence electrons. The molecule has 2 aromatic rings. The second-order valence-electron chi connectivity index (χ2n) is 6.41. The number of thioether (sulfide) groups is 1. The van der Waals surface area contributed by atoms with E-state index in [2.05, 4.69) is 4.72 Å². The molecule has 10 heteroatoms. The van der Waals surface area contributed by atoms with Crippen molar-refractivity contribution in [3.8, 4) is 0 Å². The van der Waals surface area contributed by atoms with Crippen LogP contribution in [-0.2, 0) is 19.5 Å². The number of amides is 1. The number of carbonyl (C=O) groups is 2. The second-order valence-corrected chi connectivity index (χ2v) is 8.94. The van der Waals surface area contributed by atoms with Gasteiger partial charge in [0.05, 0.1) is 42.0 Å². The van der Waals surface area contributed by atoms with E-state index in [0.29, 0.717) is 36.8 Å². The molecule has 1 saturated heterocycles. The summed E-state index contributed by atoms with van der Waals surface area (Å²) < 4.78 is 38.4. The first kappa shape index (κ1) is 22.1. The zero-order valence-corrected chi connectivity index (χ0v) is 18.2. The van der Waals surface area contributed by atoms with Crippen LogP contribution in [0.3, 0.4) is 0 Å². The lowest BCUT2D eigenvalue weighted by Gasteiger charge is -2.27. The average Bonchev–Trinajstić information content (AvgIpc) is 2.78. The SMILES string of the molecule is COC(=O)c1ccccc1NS(=O)(=O)c1ccc(SC)c(C(=O)N2CCOCC2)c1. The number of nitrogens with zero attached hydrogens (tertiary/aromatic N) is 1. The smallest absolute Gasteiger partial charge is 0.339 e. The van der Waals surface area contributed by atoms with Crippen LogP contribution < -0.4 is 4.72 Å². The predicted molar refractivity (Wildman–Crippen MR) is 114 cm³/mol. The normalized spacial score (nSPS) is 14.3. The minimum absolute atomic E-state index is 0.0726. The van der Waals surface area contributed by atoms with Gasteiger partial charge in [0, 0.05) is 18.0 Å². The molecule has 1 fully saturated rings. The average molecular weight is 451 g/mol. The van der Waals surface area contributed by atoms with Gasteiger partial charge in [0.2, 0.25) is 0 Å². The zero-order chi connectivity index (χ0) is 21.7. The fraction of sp³-hybridized carbons (Fsp3) is 0.300. The summed E-state index contributed by atoms with van der Waals surface area (Å²) in [5, 5.41) is 0. The Morgan fingerprint density at radius 3 is 2.47 bits per heavy atom. The molecule has 1 aliphatic rings. The molecule has 0 unspecified atom stereocenters. The number of benzene rings is 2. The van der Waals surface area contributed by atoms with E-state index in [1.807, 2.05) is 6.26 Å². The van der Waals surface area contributed by atoms with Gasteiger partial charge in [0.25, 0.3) is 15.9 Å². The Morgan fingerprint density at radius 1 is 1.10 bits per heavy atom. The topological polar surface area (TPSA) is 102 Å². The number of hydrogen-bond donors (Lipinski definition) is 1. The molecule has 30 heavy (non-hydrogen) atoms. The molecule has 2 aromatic carbocycles. The summed E-state index contributed by atoms with van der Waals surface area (Å²) in [4.78, 5) is 27.2. The lowest BCUT2D eigenvalue weighted by atomic mass is 10.2. The molecule has 8 nitrogen and oxygen atoms in total. The van der Waals surface area contributed by atoms with Crippen LogP contribution >= 0.6 is 11.8 Å². The Kier molecular flexibility index (Phi) is 7.01. The number of hydrogen-bond acceptors (Lipinski definition) is 7. The molecule has 1 aliphatic heterocycles. The monoisotopic (exact) mass is 450 g/mol. The number of nitrogens with one attached hydrogen (secondary N) is 1. The number of carbonyl (C=O) groups excluding carboxylic acids is 2. The second kappa shape index (κ2) is 9.50. The van der Waals surface area contributed by atoms with Crippen molar-refractivity contribution in [2.45, 2.75) is 9.79 Å². The maximum absolute atomic E-state index is 13.0. The maximum atomic E-state index is 13.0. The predicted octanol–water partition coefficient (Wildman–Crippen LogP) is 2.47. The minimum atomic E-state index is -4.05. The molecule has 0 atom stereocenters. The Balaban J connectivity index is 1.95. The summed E-state index contributed by atoms with van der Waals surface area (Å²) in [6, 6.07) is 10.6. The molecule has 0 saturated carbocycles. The highest BCUT2D eigenvalue weighted by Crippen LogP contribution is 2.27. The maximum Gasteiger partial charge on any atom is 0.339 e. The Bertz CT molecular complexity index is 1050. The van der Waals surface area contributed by atoms with Crippen LogP contribution in [0.5, 0.6) is 0 Å². The third-order valence-electron chi connectivity index (χ3n) is 4.59. The third-order valence-corrected chi connectivity index (χ3v) is 6.75. The van der Waals surface area contributed by atoms with E-state index in [9.17, 15) is 18.0 Å². The Morgan fingerprint density at radius 2 is 1.80 bits per heavy atom. The van der Waals surface area contributed by atoms with Crippen LogP contribution in [0.2, 0.25) is 0 Å². The van der Waals surface area contributed by atoms with Crippen molar-refractivity contribution in [1.82, 2.24) is 4.90 Å². The summed E-state index contributed by atoms with van der Waals surface area (Å²) in [5.41, 5.74) is 0.502. The highest BCUT2D eigenvalue weighted by atomic mass is 32.2. The first-order valence-corrected chi connectivity index (χ1v) is 11.8. The summed E-state index contributed by atoms with van der Waals surface area (Å²) >= 11 is 1.37. The lowest BCUT2D eigenvalue weighted by molar-refractivity contribution is 0.0300. The lowest BCUT2D eigenvalue weighted by Crippen LogP contribution is -2.41. The van der Waals surface area contributed by atoms with Crippen LogP contribution in [-0.4, -0.2) is 64.9 Å². The van der Waals surface area contributed by atoms with Gasteiger partial charge in [-0.1, -0.05) is 12.1 Å². The number of anilines is 1. The van der Waals surface area contributed by atoms with E-state index < -0.39 is 16.0 Å². The Hall–Kier alpha value is -2.56. The van der Waals surface area contributed by atoms with Gasteiger partial charge in [-0.2, -0.15) is 0 Å². The van der Waals surface area contributed by atoms with Gasteiger partial charge in [-0.05, 0) is 36.6 Å². The van der Waals surface area contributed by atoms with Crippen molar-refractivity contribution in [1.29, 1.82) is 0 Å². The molecule has 0 aliphatic carbocycles. The number of sulfonamides is 1. The standard InChI is InChI=1S/C20H22N2O6S2/c1-27-20(24)15-5-3-4-6-17(15)21-30(25,26)14-7-8-18(29-2)16(13-14)19(23)22-9-11-28-12-10-22/h3-8,13,21H,9-12H2,1-2H3. The molecule has 0 spiro atoms. The number of morpholine rings is 1. The highest BCUT2D eigenvalue weighted by Gasteiger charge is 2.25. The molecule has 0 radical (unpaired) electrons. The van der Waals surface area contributed by atoms with E-state index in [1.54, 1.807) is 23.1 Å². The van der Waals surface area contributed by atoms with E-state index in [4.69, 9.17) is 9.47 Å². The van der Waals surface area contributed by atoms with Crippen LogP contribution in [0.25, 0.3) is 0 Å². The van der Waals surface area contributed by atoms with E-state index in [-0.39, 0.29) is 22.1 Å². The van der Waals surface area contributed by atoms with E-state index >= 15 is 0 Å². The first-order valence-electron chi connectivity index (χ1n) is 9.12. The molecular weight excluding hydrogens is 428 g/mol. The fourth-order valence-corrected chi connectivity index (χ4v) is 4.70. The molecule has 1 amide bonds. The Labute approximate surface area is 179 Å². The molecular formula is C20H22N2O6S2. The van der Waals surface area contributed by atoms with Crippen molar-refractivity contribution >= 4 is 39.3 Å². The number of ether oxygens (including phenoxy) is 2. The van der Waals surface area contributed by atoms with Gasteiger partial charge >= 0.3 is 5.97 Å². The fourth-order valence-electron chi connectivity index (χ4n) is 3.02. The number of rotatable bonds is 6. The van der Waals surface area contributed by atoms with Crippen LogP contribution in [0.15, 0.2) is 52.3 Å². The summed E-state index contributed by atoms with van der Waals surface area (Å²) in [7, 11) is -2.83. The van der Waals surface area contributed by atoms with Gasteiger partial charge in [0.1, 0.15) is 0 Å². The zero-order valence-electron chi connectivity index (χ0n) is 16.6. The number of esters is 1. The first-order chi connectivity index (χ1) is 14.4. The summed E-state index contributed by atoms with van der Waals surface area (Å²) in [6.45, 7) is 1.80. The van der Waals surface area contributed by atoms with Crippen molar-refractivity contribution in [2.75, 3.05) is 44.4 Å². The number of methoxy groups -OCH3 is 1. The highest BCUT2D eigenvalue weighted by molar-refractivity contribution is 7.98. The number of para-hydroxylation sites is 1. The molecule has 0 aromatic heterocycles. The van der Waals surface area contributed by atoms with Gasteiger partial charge in [-0.15, -0.1) is 11.8 Å². The van der Waals surface area contributed by atoms with Crippen molar-refractivity contribution in [2.24, 2.45) is 0 Å². The molecule has 0 bridgehead atoms. The van der Waals surface area contributed by atoms with Crippen molar-refractivity contribution in [3.63, 3.8) is 0 Å². The van der Waals surface area contributed by atoms with E-state index in [1.165, 1.54) is 43.1 Å². The summed E-state index contributed by atoms with van der Waals surface area (Å²) in [5.74, 6) is -0.899. The van der Waals surface area contributed by atoms with Gasteiger partial charge in [-0.3, -0.25) is 9.52 Å². The van der Waals surface area contributed by atoms with Crippen LogP contribution in [0, 0.1) is 0 Å². The van der Waals surface area contributed by atoms with Crippen molar-refractivity contribution in [3.05, 3.63) is 53.6 Å². The van der Waals surface area contributed by atoms with Gasteiger partial charge in [0.15, 0.2) is 0 Å². The van der Waals surface area contributed by atoms with Crippen LogP contribution in [0.1, 0.15) is 20.7 Å². The van der Waals surface area contributed by atoms with Crippen molar-refractivity contribution < 1.29 is 27.5 Å². The van der Waals surface area contributed by atoms with E-state index in [0.717, 1.165) is 0 Å². The molecule has 3 rings (SSSR count). The summed E-state index contributed by atoms with van der Waals surface area (Å²) in [6.07, 6.45) is 1.82. The van der Waals surface area contributed by atoms with Crippen LogP contribution in [0.4, 0.5) is 5.69 Å².